The van der Waals surface area contributed by atoms with E-state index in [2.05, 4.69) is 39.8 Å². The van der Waals surface area contributed by atoms with Crippen LogP contribution in [0.3, 0.4) is 0 Å². The number of carbonyl (C=O) groups excluding carboxylic acids is 1. The summed E-state index contributed by atoms with van der Waals surface area (Å²) in [5.41, 5.74) is 8.50. The van der Waals surface area contributed by atoms with Gasteiger partial charge in [0, 0.05) is 12.8 Å². The maximum atomic E-state index is 13.0. The molecule has 0 saturated heterocycles. The van der Waals surface area contributed by atoms with Crippen LogP contribution < -0.4 is 0 Å². The van der Waals surface area contributed by atoms with E-state index in [1.807, 2.05) is 13.8 Å². The predicted octanol–water partition coefficient (Wildman–Crippen LogP) is 5.68. The van der Waals surface area contributed by atoms with Gasteiger partial charge in [-0.1, -0.05) is 18.5 Å². The summed E-state index contributed by atoms with van der Waals surface area (Å²) in [4.78, 5) is 18.2. The van der Waals surface area contributed by atoms with Crippen molar-refractivity contribution in [3.05, 3.63) is 44.7 Å². The molecule has 0 heterocycles. The topological polar surface area (TPSA) is 58.9 Å². The molecule has 0 bridgehead atoms. The molecule has 0 aliphatic heterocycles. The number of carbonyl (C=O) groups is 1. The average Bonchev–Trinajstić information content (AvgIpc) is 2.62. The van der Waals surface area contributed by atoms with Crippen molar-refractivity contribution in [2.45, 2.75) is 80.1 Å². The molecule has 0 saturated carbocycles. The van der Waals surface area contributed by atoms with Crippen molar-refractivity contribution >= 4 is 11.5 Å². The van der Waals surface area contributed by atoms with E-state index in [1.54, 1.807) is 0 Å². The standard InChI is InChI=1S/C23H33NO3/c1-8-10-19(24-27-9-2)23-20(25)11-18(12-21(23)26)22-16(6)14(4)13(3)15(5)17(22)7/h18,25H,8-12H2,1-7H3. The summed E-state index contributed by atoms with van der Waals surface area (Å²) in [7, 11) is 0. The third-order valence-corrected chi connectivity index (χ3v) is 5.98. The first-order valence-electron chi connectivity index (χ1n) is 9.95. The van der Waals surface area contributed by atoms with Gasteiger partial charge in [0.1, 0.15) is 12.4 Å². The summed E-state index contributed by atoms with van der Waals surface area (Å²) in [5, 5.41) is 14.9. The molecular weight excluding hydrogens is 338 g/mol. The molecular formula is C23H33NO3. The highest BCUT2D eigenvalue weighted by Crippen LogP contribution is 2.40. The SMILES string of the molecule is CCCC(=NOCC)C1=C(O)CC(c2c(C)c(C)c(C)c(C)c2C)CC1=O. The third-order valence-electron chi connectivity index (χ3n) is 5.98. The van der Waals surface area contributed by atoms with E-state index in [0.717, 1.165) is 6.42 Å². The van der Waals surface area contributed by atoms with Gasteiger partial charge in [-0.2, -0.15) is 0 Å². The molecule has 1 aromatic carbocycles. The Morgan fingerprint density at radius 2 is 1.56 bits per heavy atom. The third kappa shape index (κ3) is 4.10. The number of benzene rings is 1. The molecule has 0 spiro atoms. The molecule has 1 aliphatic rings. The molecule has 148 valence electrons. The van der Waals surface area contributed by atoms with Crippen LogP contribution in [-0.2, 0) is 9.63 Å². The Balaban J connectivity index is 2.48. The van der Waals surface area contributed by atoms with E-state index in [0.29, 0.717) is 37.2 Å². The van der Waals surface area contributed by atoms with E-state index < -0.39 is 0 Å². The van der Waals surface area contributed by atoms with Crippen LogP contribution in [0.4, 0.5) is 0 Å². The smallest absolute Gasteiger partial charge is 0.168 e. The van der Waals surface area contributed by atoms with Crippen molar-refractivity contribution in [2.75, 3.05) is 6.61 Å². The minimum Gasteiger partial charge on any atom is -0.511 e. The normalized spacial score (nSPS) is 18.3. The van der Waals surface area contributed by atoms with Gasteiger partial charge in [0.2, 0.25) is 0 Å². The highest BCUT2D eigenvalue weighted by atomic mass is 16.6. The first-order chi connectivity index (χ1) is 12.7. The van der Waals surface area contributed by atoms with Gasteiger partial charge in [0.25, 0.3) is 0 Å². The lowest BCUT2D eigenvalue weighted by Gasteiger charge is -2.29. The molecule has 1 atom stereocenters. The maximum Gasteiger partial charge on any atom is 0.168 e. The Hall–Kier alpha value is -2.10. The summed E-state index contributed by atoms with van der Waals surface area (Å²) in [6.45, 7) is 15.0. The molecule has 0 aromatic heterocycles. The number of rotatable bonds is 6. The molecule has 1 unspecified atom stereocenters. The zero-order chi connectivity index (χ0) is 20.3. The maximum absolute atomic E-state index is 13.0. The van der Waals surface area contributed by atoms with Crippen LogP contribution in [0.1, 0.15) is 78.8 Å². The van der Waals surface area contributed by atoms with E-state index in [9.17, 15) is 9.90 Å². The number of aliphatic hydroxyl groups excluding tert-OH is 1. The first kappa shape index (κ1) is 21.2. The molecule has 0 amide bonds. The van der Waals surface area contributed by atoms with Crippen LogP contribution in [0.15, 0.2) is 16.5 Å². The average molecular weight is 372 g/mol. The van der Waals surface area contributed by atoms with Gasteiger partial charge < -0.3 is 9.94 Å². The number of oxime groups is 1. The number of Topliss-reactive ketones (excluding diaryl/α,β-unsaturated/α-hetero) is 1. The molecule has 1 aromatic rings. The monoisotopic (exact) mass is 371 g/mol. The Morgan fingerprint density at radius 3 is 2.04 bits per heavy atom. The summed E-state index contributed by atoms with van der Waals surface area (Å²) in [5.74, 6) is 0.123. The lowest BCUT2D eigenvalue weighted by Crippen LogP contribution is -2.25. The summed E-state index contributed by atoms with van der Waals surface area (Å²) < 4.78 is 0. The fraction of sp³-hybridized carbons (Fsp3) is 0.565. The minimum atomic E-state index is -0.0367. The quantitative estimate of drug-likeness (QED) is 0.517. The van der Waals surface area contributed by atoms with Gasteiger partial charge in [-0.25, -0.2) is 0 Å². The first-order valence-corrected chi connectivity index (χ1v) is 9.95. The van der Waals surface area contributed by atoms with Crippen molar-refractivity contribution < 1.29 is 14.7 Å². The zero-order valence-corrected chi connectivity index (χ0v) is 17.8. The van der Waals surface area contributed by atoms with Crippen LogP contribution in [0.2, 0.25) is 0 Å². The molecule has 1 N–H and O–H groups in total. The largest absolute Gasteiger partial charge is 0.511 e. The molecule has 4 nitrogen and oxygen atoms in total. The van der Waals surface area contributed by atoms with Gasteiger partial charge in [-0.05, 0) is 87.3 Å². The Labute approximate surface area is 163 Å². The minimum absolute atomic E-state index is 0.00854. The van der Waals surface area contributed by atoms with Crippen LogP contribution >= 0.6 is 0 Å². The molecule has 1 aliphatic carbocycles. The number of allylic oxidation sites excluding steroid dienone is 2. The van der Waals surface area contributed by atoms with Crippen LogP contribution in [0, 0.1) is 34.6 Å². The van der Waals surface area contributed by atoms with E-state index in [4.69, 9.17) is 4.84 Å². The molecule has 2 rings (SSSR count). The van der Waals surface area contributed by atoms with Crippen molar-refractivity contribution in [3.8, 4) is 0 Å². The molecule has 4 heteroatoms. The van der Waals surface area contributed by atoms with Crippen LogP contribution in [0.5, 0.6) is 0 Å². The van der Waals surface area contributed by atoms with E-state index >= 15 is 0 Å². The number of hydrogen-bond acceptors (Lipinski definition) is 4. The molecule has 27 heavy (non-hydrogen) atoms. The summed E-state index contributed by atoms with van der Waals surface area (Å²) in [6.07, 6.45) is 2.34. The number of ketones is 1. The lowest BCUT2D eigenvalue weighted by molar-refractivity contribution is -0.116. The van der Waals surface area contributed by atoms with Crippen molar-refractivity contribution in [3.63, 3.8) is 0 Å². The number of hydrogen-bond donors (Lipinski definition) is 1. The van der Waals surface area contributed by atoms with Crippen LogP contribution in [0.25, 0.3) is 0 Å². The molecule has 0 radical (unpaired) electrons. The van der Waals surface area contributed by atoms with Crippen molar-refractivity contribution in [2.24, 2.45) is 5.16 Å². The Bertz CT molecular complexity index is 773. The fourth-order valence-electron chi connectivity index (χ4n) is 4.16. The van der Waals surface area contributed by atoms with Gasteiger partial charge in [-0.15, -0.1) is 0 Å². The highest BCUT2D eigenvalue weighted by Gasteiger charge is 2.33. The summed E-state index contributed by atoms with van der Waals surface area (Å²) >= 11 is 0. The van der Waals surface area contributed by atoms with Gasteiger partial charge in [0.05, 0.1) is 11.3 Å². The molecule has 0 fully saturated rings. The highest BCUT2D eigenvalue weighted by molar-refractivity contribution is 6.23. The van der Waals surface area contributed by atoms with Crippen molar-refractivity contribution in [1.82, 2.24) is 0 Å². The number of nitrogens with zero attached hydrogens (tertiary/aromatic N) is 1. The number of aliphatic hydroxyl groups is 1. The fourth-order valence-corrected chi connectivity index (χ4v) is 4.16. The van der Waals surface area contributed by atoms with Gasteiger partial charge in [0.15, 0.2) is 5.78 Å². The lowest BCUT2D eigenvalue weighted by atomic mass is 9.75. The predicted molar refractivity (Wildman–Crippen MR) is 111 cm³/mol. The van der Waals surface area contributed by atoms with E-state index in [-0.39, 0.29) is 17.5 Å². The Morgan fingerprint density at radius 1 is 1.00 bits per heavy atom. The summed E-state index contributed by atoms with van der Waals surface area (Å²) in [6, 6.07) is 0. The van der Waals surface area contributed by atoms with Crippen molar-refractivity contribution in [1.29, 1.82) is 0 Å². The van der Waals surface area contributed by atoms with E-state index in [1.165, 1.54) is 33.4 Å². The second-order valence-corrected chi connectivity index (χ2v) is 7.59. The van der Waals surface area contributed by atoms with Crippen LogP contribution in [-0.4, -0.2) is 23.2 Å². The Kier molecular flexibility index (Phi) is 6.85. The second-order valence-electron chi connectivity index (χ2n) is 7.59. The van der Waals surface area contributed by atoms with Gasteiger partial charge in [-0.3, -0.25) is 4.79 Å². The second kappa shape index (κ2) is 8.73. The van der Waals surface area contributed by atoms with Gasteiger partial charge >= 0.3 is 0 Å². The zero-order valence-electron chi connectivity index (χ0n) is 17.8.